The van der Waals surface area contributed by atoms with Gasteiger partial charge >= 0.3 is 0 Å². The minimum absolute atomic E-state index is 0.103. The van der Waals surface area contributed by atoms with Gasteiger partial charge < -0.3 is 9.84 Å². The number of phenolic OH excluding ortho intramolecular Hbond substituents is 1. The molecule has 0 saturated heterocycles. The molecule has 122 valence electrons. The van der Waals surface area contributed by atoms with E-state index in [4.69, 9.17) is 4.74 Å². The lowest BCUT2D eigenvalue weighted by Crippen LogP contribution is -2.41. The van der Waals surface area contributed by atoms with E-state index in [1.165, 1.54) is 43.5 Å². The van der Waals surface area contributed by atoms with Crippen molar-refractivity contribution in [3.8, 4) is 11.5 Å². The molecule has 1 amide bonds. The summed E-state index contributed by atoms with van der Waals surface area (Å²) in [5, 5.41) is 9.33. The van der Waals surface area contributed by atoms with E-state index in [9.17, 15) is 18.3 Å². The standard InChI is InChI=1S/C14H13BrN2O5S/c1-22-12-6-5-10(15)8-13(12)23(20,21)17-16-14(19)9-3-2-4-11(18)7-9/h2-8,17-18H,1H3,(H,16,19). The molecule has 0 aliphatic carbocycles. The van der Waals surface area contributed by atoms with Crippen LogP contribution in [0.2, 0.25) is 0 Å². The monoisotopic (exact) mass is 400 g/mol. The highest BCUT2D eigenvalue weighted by molar-refractivity contribution is 9.10. The fraction of sp³-hybridized carbons (Fsp3) is 0.0714. The average Bonchev–Trinajstić information content (AvgIpc) is 2.52. The molecule has 3 N–H and O–H groups in total. The van der Waals surface area contributed by atoms with Gasteiger partial charge in [0.05, 0.1) is 7.11 Å². The van der Waals surface area contributed by atoms with Crippen LogP contribution < -0.4 is 15.0 Å². The Morgan fingerprint density at radius 1 is 1.22 bits per heavy atom. The fourth-order valence-corrected chi connectivity index (χ4v) is 3.30. The minimum atomic E-state index is -4.04. The average molecular weight is 401 g/mol. The number of hydrazine groups is 1. The maximum atomic E-state index is 12.3. The Morgan fingerprint density at radius 2 is 1.96 bits per heavy atom. The molecule has 9 heteroatoms. The van der Waals surface area contributed by atoms with Crippen LogP contribution in [0.3, 0.4) is 0 Å². The second kappa shape index (κ2) is 6.99. The molecule has 7 nitrogen and oxygen atoms in total. The lowest BCUT2D eigenvalue weighted by Gasteiger charge is -2.12. The first kappa shape index (κ1) is 17.3. The lowest BCUT2D eigenvalue weighted by molar-refractivity contribution is 0.0944. The molecule has 0 unspecified atom stereocenters. The molecular formula is C14H13BrN2O5S. The van der Waals surface area contributed by atoms with Gasteiger partial charge in [-0.1, -0.05) is 22.0 Å². The molecule has 2 aromatic carbocycles. The van der Waals surface area contributed by atoms with Crippen molar-refractivity contribution in [2.24, 2.45) is 0 Å². The van der Waals surface area contributed by atoms with Gasteiger partial charge in [-0.3, -0.25) is 10.2 Å². The number of sulfonamides is 1. The third-order valence-electron chi connectivity index (χ3n) is 2.82. The van der Waals surface area contributed by atoms with Crippen LogP contribution in [-0.4, -0.2) is 26.5 Å². The van der Waals surface area contributed by atoms with Crippen molar-refractivity contribution in [1.82, 2.24) is 10.3 Å². The van der Waals surface area contributed by atoms with Crippen molar-refractivity contribution in [3.63, 3.8) is 0 Å². The Hall–Kier alpha value is -2.10. The van der Waals surface area contributed by atoms with Gasteiger partial charge in [0.1, 0.15) is 16.4 Å². The number of aromatic hydroxyl groups is 1. The first-order chi connectivity index (χ1) is 10.8. The number of phenols is 1. The quantitative estimate of drug-likeness (QED) is 0.663. The summed E-state index contributed by atoms with van der Waals surface area (Å²) in [5.41, 5.74) is 2.18. The predicted molar refractivity (Wildman–Crippen MR) is 86.6 cm³/mol. The van der Waals surface area contributed by atoms with E-state index in [-0.39, 0.29) is 22.0 Å². The Kier molecular flexibility index (Phi) is 5.24. The van der Waals surface area contributed by atoms with Crippen molar-refractivity contribution in [3.05, 3.63) is 52.5 Å². The number of hydrogen-bond donors (Lipinski definition) is 3. The first-order valence-electron chi connectivity index (χ1n) is 6.28. The predicted octanol–water partition coefficient (Wildman–Crippen LogP) is 1.79. The summed E-state index contributed by atoms with van der Waals surface area (Å²) >= 11 is 3.18. The molecule has 0 atom stereocenters. The van der Waals surface area contributed by atoms with E-state index in [1.54, 1.807) is 6.07 Å². The van der Waals surface area contributed by atoms with Gasteiger partial charge in [-0.05, 0) is 36.4 Å². The highest BCUT2D eigenvalue weighted by atomic mass is 79.9. The van der Waals surface area contributed by atoms with Gasteiger partial charge in [-0.2, -0.15) is 0 Å². The zero-order valence-corrected chi connectivity index (χ0v) is 14.3. The molecule has 0 heterocycles. The highest BCUT2D eigenvalue weighted by Gasteiger charge is 2.21. The maximum absolute atomic E-state index is 12.3. The Balaban J connectivity index is 2.19. The number of amides is 1. The molecule has 0 aliphatic rings. The summed E-state index contributed by atoms with van der Waals surface area (Å²) in [6, 6.07) is 9.97. The van der Waals surface area contributed by atoms with Gasteiger partial charge in [-0.15, -0.1) is 4.83 Å². The summed E-state index contributed by atoms with van der Waals surface area (Å²) in [6.07, 6.45) is 0. The number of halogens is 1. The van der Waals surface area contributed by atoms with Crippen molar-refractivity contribution < 1.29 is 23.1 Å². The summed E-state index contributed by atoms with van der Waals surface area (Å²) in [6.45, 7) is 0. The van der Waals surface area contributed by atoms with Crippen LogP contribution >= 0.6 is 15.9 Å². The SMILES string of the molecule is COc1ccc(Br)cc1S(=O)(=O)NNC(=O)c1cccc(O)c1. The molecule has 0 spiro atoms. The number of hydrogen-bond acceptors (Lipinski definition) is 5. The zero-order valence-electron chi connectivity index (χ0n) is 11.9. The number of carbonyl (C=O) groups is 1. The number of carbonyl (C=O) groups excluding carboxylic acids is 1. The molecular weight excluding hydrogens is 388 g/mol. The van der Waals surface area contributed by atoms with Crippen LogP contribution in [0, 0.1) is 0 Å². The van der Waals surface area contributed by atoms with Crippen LogP contribution in [0.15, 0.2) is 51.8 Å². The minimum Gasteiger partial charge on any atom is -0.508 e. The van der Waals surface area contributed by atoms with Crippen LogP contribution in [-0.2, 0) is 10.0 Å². The normalized spacial score (nSPS) is 11.0. The Labute approximate surface area is 141 Å². The van der Waals surface area contributed by atoms with Crippen LogP contribution in [0.25, 0.3) is 0 Å². The second-order valence-corrected chi connectivity index (χ2v) is 6.97. The molecule has 2 aromatic rings. The zero-order chi connectivity index (χ0) is 17.0. The van der Waals surface area contributed by atoms with Crippen molar-refractivity contribution in [1.29, 1.82) is 0 Å². The molecule has 0 aliphatic heterocycles. The number of rotatable bonds is 5. The summed E-state index contributed by atoms with van der Waals surface area (Å²) in [7, 11) is -2.70. The highest BCUT2D eigenvalue weighted by Crippen LogP contribution is 2.26. The van der Waals surface area contributed by atoms with Gasteiger partial charge in [0, 0.05) is 10.0 Å². The molecule has 0 saturated carbocycles. The third kappa shape index (κ3) is 4.21. The number of methoxy groups -OCH3 is 1. The summed E-state index contributed by atoms with van der Waals surface area (Å²) in [4.78, 5) is 13.8. The number of benzene rings is 2. The van der Waals surface area contributed by atoms with Crippen molar-refractivity contribution in [2.45, 2.75) is 4.90 Å². The van der Waals surface area contributed by atoms with E-state index in [2.05, 4.69) is 21.4 Å². The van der Waals surface area contributed by atoms with Crippen LogP contribution in [0.1, 0.15) is 10.4 Å². The van der Waals surface area contributed by atoms with Crippen LogP contribution in [0.5, 0.6) is 11.5 Å². The lowest BCUT2D eigenvalue weighted by atomic mass is 10.2. The topological polar surface area (TPSA) is 105 Å². The summed E-state index contributed by atoms with van der Waals surface area (Å²) in [5.74, 6) is -0.681. The molecule has 0 fully saturated rings. The maximum Gasteiger partial charge on any atom is 0.266 e. The van der Waals surface area contributed by atoms with E-state index < -0.39 is 15.9 Å². The molecule has 2 rings (SSSR count). The van der Waals surface area contributed by atoms with Gasteiger partial charge in [0.15, 0.2) is 0 Å². The van der Waals surface area contributed by atoms with Crippen molar-refractivity contribution in [2.75, 3.05) is 7.11 Å². The Morgan fingerprint density at radius 3 is 2.61 bits per heavy atom. The van der Waals surface area contributed by atoms with Gasteiger partial charge in [-0.25, -0.2) is 8.42 Å². The summed E-state index contributed by atoms with van der Waals surface area (Å²) < 4.78 is 30.1. The number of ether oxygens (including phenoxy) is 1. The van der Waals surface area contributed by atoms with E-state index in [1.807, 2.05) is 4.83 Å². The van der Waals surface area contributed by atoms with E-state index >= 15 is 0 Å². The smallest absolute Gasteiger partial charge is 0.266 e. The molecule has 0 radical (unpaired) electrons. The van der Waals surface area contributed by atoms with E-state index in [0.29, 0.717) is 4.47 Å². The molecule has 0 bridgehead atoms. The third-order valence-corrected chi connectivity index (χ3v) is 4.58. The molecule has 0 aromatic heterocycles. The van der Waals surface area contributed by atoms with Gasteiger partial charge in [0.2, 0.25) is 0 Å². The van der Waals surface area contributed by atoms with Gasteiger partial charge in [0.25, 0.3) is 15.9 Å². The number of nitrogens with one attached hydrogen (secondary N) is 2. The fourth-order valence-electron chi connectivity index (χ4n) is 1.75. The second-order valence-electron chi connectivity index (χ2n) is 4.41. The first-order valence-corrected chi connectivity index (χ1v) is 8.56. The van der Waals surface area contributed by atoms with Crippen LogP contribution in [0.4, 0.5) is 0 Å². The van der Waals surface area contributed by atoms with E-state index in [0.717, 1.165) is 0 Å². The molecule has 23 heavy (non-hydrogen) atoms. The largest absolute Gasteiger partial charge is 0.508 e. The van der Waals surface area contributed by atoms with Crippen molar-refractivity contribution >= 4 is 31.9 Å². The Bertz CT molecular complexity index is 839.